The molecule has 1 saturated heterocycles. The fraction of sp³-hybridized carbons (Fsp3) is 0.286. The summed E-state index contributed by atoms with van der Waals surface area (Å²) in [5.41, 5.74) is 2.93. The topological polar surface area (TPSA) is 91.5 Å². The van der Waals surface area contributed by atoms with Crippen LogP contribution in [-0.2, 0) is 26.0 Å². The first-order valence-corrected chi connectivity index (χ1v) is 11.0. The molecule has 0 atom stereocenters. The third-order valence-electron chi connectivity index (χ3n) is 5.17. The lowest BCUT2D eigenvalue weighted by Crippen LogP contribution is -2.40. The van der Waals surface area contributed by atoms with Gasteiger partial charge in [-0.1, -0.05) is 18.2 Å². The largest absolute Gasteiger partial charge is 0.379 e. The SMILES string of the molecule is Cc1[nH]c2ccccc2c1CC(=O)Nc1ccc(F)c(S(=O)(=O)N2CCOCC2)c1. The molecule has 0 unspecified atom stereocenters. The van der Waals surface area contributed by atoms with Gasteiger partial charge in [-0.05, 0) is 36.8 Å². The Bertz CT molecular complexity index is 1200. The van der Waals surface area contributed by atoms with E-state index in [2.05, 4.69) is 10.3 Å². The fourth-order valence-electron chi connectivity index (χ4n) is 3.63. The number of ether oxygens (including phenoxy) is 1. The summed E-state index contributed by atoms with van der Waals surface area (Å²) in [6.45, 7) is 2.76. The number of aromatic amines is 1. The molecule has 1 amide bonds. The third kappa shape index (κ3) is 3.96. The summed E-state index contributed by atoms with van der Waals surface area (Å²) in [6.07, 6.45) is 0.110. The molecule has 0 saturated carbocycles. The smallest absolute Gasteiger partial charge is 0.246 e. The Kier molecular flexibility index (Phi) is 5.59. The van der Waals surface area contributed by atoms with Gasteiger partial charge < -0.3 is 15.0 Å². The number of rotatable bonds is 5. The second-order valence-electron chi connectivity index (χ2n) is 7.16. The van der Waals surface area contributed by atoms with E-state index in [4.69, 9.17) is 4.74 Å². The fourth-order valence-corrected chi connectivity index (χ4v) is 5.13. The van der Waals surface area contributed by atoms with Crippen molar-refractivity contribution in [3.8, 4) is 0 Å². The number of H-pyrrole nitrogens is 1. The summed E-state index contributed by atoms with van der Waals surface area (Å²) in [6, 6.07) is 11.3. The maximum Gasteiger partial charge on any atom is 0.246 e. The maximum absolute atomic E-state index is 14.3. The number of aryl methyl sites for hydroxylation is 1. The first kappa shape index (κ1) is 20.5. The Morgan fingerprint density at radius 2 is 1.93 bits per heavy atom. The van der Waals surface area contributed by atoms with E-state index in [1.165, 1.54) is 16.4 Å². The predicted molar refractivity (Wildman–Crippen MR) is 111 cm³/mol. The molecule has 9 heteroatoms. The van der Waals surface area contributed by atoms with E-state index in [-0.39, 0.29) is 44.3 Å². The molecule has 1 aliphatic rings. The lowest BCUT2D eigenvalue weighted by atomic mass is 10.1. The summed E-state index contributed by atoms with van der Waals surface area (Å²) >= 11 is 0. The van der Waals surface area contributed by atoms with Crippen molar-refractivity contribution in [2.45, 2.75) is 18.2 Å². The number of para-hydroxylation sites is 1. The highest BCUT2D eigenvalue weighted by Gasteiger charge is 2.29. The molecule has 4 rings (SSSR count). The van der Waals surface area contributed by atoms with Crippen molar-refractivity contribution >= 4 is 32.5 Å². The standard InChI is InChI=1S/C21H22FN3O4S/c1-14-17(16-4-2-3-5-19(16)23-14)13-21(26)24-15-6-7-18(22)20(12-15)30(27,28)25-8-10-29-11-9-25/h2-7,12,23H,8-11,13H2,1H3,(H,24,26). The van der Waals surface area contributed by atoms with Crippen molar-refractivity contribution in [3.05, 3.63) is 59.5 Å². The minimum atomic E-state index is -4.01. The number of aromatic nitrogens is 1. The van der Waals surface area contributed by atoms with Crippen molar-refractivity contribution < 1.29 is 22.3 Å². The van der Waals surface area contributed by atoms with E-state index in [0.717, 1.165) is 28.2 Å². The Hall–Kier alpha value is -2.75. The van der Waals surface area contributed by atoms with Crippen LogP contribution in [0.4, 0.5) is 10.1 Å². The zero-order valence-corrected chi connectivity index (χ0v) is 17.3. The number of nitrogens with one attached hydrogen (secondary N) is 2. The molecule has 158 valence electrons. The minimum Gasteiger partial charge on any atom is -0.379 e. The number of anilines is 1. The van der Waals surface area contributed by atoms with Gasteiger partial charge in [0.2, 0.25) is 15.9 Å². The van der Waals surface area contributed by atoms with Crippen LogP contribution in [0.3, 0.4) is 0 Å². The second-order valence-corrected chi connectivity index (χ2v) is 9.07. The molecule has 2 N–H and O–H groups in total. The van der Waals surface area contributed by atoms with Gasteiger partial charge in [0.15, 0.2) is 0 Å². The van der Waals surface area contributed by atoms with Gasteiger partial charge in [0, 0.05) is 35.4 Å². The van der Waals surface area contributed by atoms with E-state index >= 15 is 0 Å². The molecule has 0 radical (unpaired) electrons. The van der Waals surface area contributed by atoms with Crippen LogP contribution >= 0.6 is 0 Å². The highest BCUT2D eigenvalue weighted by Crippen LogP contribution is 2.25. The molecular formula is C21H22FN3O4S. The number of fused-ring (bicyclic) bond motifs is 1. The maximum atomic E-state index is 14.3. The summed E-state index contributed by atoms with van der Waals surface area (Å²) in [4.78, 5) is 15.4. The van der Waals surface area contributed by atoms with Crippen LogP contribution in [0.5, 0.6) is 0 Å². The Labute approximate surface area is 173 Å². The molecular weight excluding hydrogens is 409 g/mol. The van der Waals surface area contributed by atoms with Gasteiger partial charge in [-0.25, -0.2) is 12.8 Å². The van der Waals surface area contributed by atoms with Crippen molar-refractivity contribution in [2.24, 2.45) is 0 Å². The summed E-state index contributed by atoms with van der Waals surface area (Å²) < 4.78 is 46.3. The number of benzene rings is 2. The number of morpholine rings is 1. The Morgan fingerprint density at radius 3 is 2.70 bits per heavy atom. The molecule has 2 heterocycles. The molecule has 0 bridgehead atoms. The Morgan fingerprint density at radius 1 is 1.20 bits per heavy atom. The van der Waals surface area contributed by atoms with E-state index in [9.17, 15) is 17.6 Å². The molecule has 1 fully saturated rings. The van der Waals surface area contributed by atoms with Crippen LogP contribution in [0.1, 0.15) is 11.3 Å². The van der Waals surface area contributed by atoms with E-state index in [1.807, 2.05) is 31.2 Å². The van der Waals surface area contributed by atoms with Gasteiger partial charge >= 0.3 is 0 Å². The summed E-state index contributed by atoms with van der Waals surface area (Å²) in [5.74, 6) is -1.17. The van der Waals surface area contributed by atoms with Gasteiger partial charge in [0.05, 0.1) is 19.6 Å². The summed E-state index contributed by atoms with van der Waals surface area (Å²) in [5, 5.41) is 3.65. The first-order valence-electron chi connectivity index (χ1n) is 9.60. The zero-order chi connectivity index (χ0) is 21.3. The molecule has 1 aromatic heterocycles. The quantitative estimate of drug-likeness (QED) is 0.650. The van der Waals surface area contributed by atoms with Gasteiger partial charge in [0.1, 0.15) is 10.7 Å². The molecule has 30 heavy (non-hydrogen) atoms. The number of hydrogen-bond donors (Lipinski definition) is 2. The number of sulfonamides is 1. The van der Waals surface area contributed by atoms with E-state index in [0.29, 0.717) is 0 Å². The predicted octanol–water partition coefficient (Wildman–Crippen LogP) is 2.82. The van der Waals surface area contributed by atoms with Crippen LogP contribution in [0, 0.1) is 12.7 Å². The first-order chi connectivity index (χ1) is 14.4. The molecule has 0 spiro atoms. The highest BCUT2D eigenvalue weighted by molar-refractivity contribution is 7.89. The zero-order valence-electron chi connectivity index (χ0n) is 16.4. The highest BCUT2D eigenvalue weighted by atomic mass is 32.2. The average molecular weight is 431 g/mol. The molecule has 3 aromatic rings. The Balaban J connectivity index is 1.55. The van der Waals surface area contributed by atoms with Crippen LogP contribution in [0.15, 0.2) is 47.4 Å². The second kappa shape index (κ2) is 8.17. The van der Waals surface area contributed by atoms with Crippen molar-refractivity contribution in [1.82, 2.24) is 9.29 Å². The van der Waals surface area contributed by atoms with Crippen molar-refractivity contribution in [3.63, 3.8) is 0 Å². The van der Waals surface area contributed by atoms with Crippen LogP contribution in [0.2, 0.25) is 0 Å². The monoisotopic (exact) mass is 431 g/mol. The minimum absolute atomic E-state index is 0.110. The normalized spacial score (nSPS) is 15.4. The number of carbonyl (C=O) groups is 1. The van der Waals surface area contributed by atoms with E-state index < -0.39 is 20.7 Å². The lowest BCUT2D eigenvalue weighted by molar-refractivity contribution is -0.115. The third-order valence-corrected chi connectivity index (χ3v) is 7.08. The molecule has 7 nitrogen and oxygen atoms in total. The van der Waals surface area contributed by atoms with E-state index in [1.54, 1.807) is 0 Å². The van der Waals surface area contributed by atoms with Crippen molar-refractivity contribution in [2.75, 3.05) is 31.6 Å². The molecule has 0 aliphatic carbocycles. The molecule has 2 aromatic carbocycles. The van der Waals surface area contributed by atoms with Crippen LogP contribution in [-0.4, -0.2) is 49.9 Å². The number of carbonyl (C=O) groups excluding carboxylic acids is 1. The number of amides is 1. The average Bonchev–Trinajstić information content (AvgIpc) is 3.05. The van der Waals surface area contributed by atoms with Crippen molar-refractivity contribution in [1.29, 1.82) is 0 Å². The number of hydrogen-bond acceptors (Lipinski definition) is 4. The van der Waals surface area contributed by atoms with Gasteiger partial charge in [0.25, 0.3) is 0 Å². The summed E-state index contributed by atoms with van der Waals surface area (Å²) in [7, 11) is -4.01. The lowest BCUT2D eigenvalue weighted by Gasteiger charge is -2.26. The number of halogens is 1. The number of nitrogens with zero attached hydrogens (tertiary/aromatic N) is 1. The van der Waals surface area contributed by atoms with Gasteiger partial charge in [-0.15, -0.1) is 0 Å². The van der Waals surface area contributed by atoms with Gasteiger partial charge in [-0.2, -0.15) is 4.31 Å². The molecule has 1 aliphatic heterocycles. The van der Waals surface area contributed by atoms with Gasteiger partial charge in [-0.3, -0.25) is 4.79 Å². The van der Waals surface area contributed by atoms with Crippen LogP contribution in [0.25, 0.3) is 10.9 Å². The van der Waals surface area contributed by atoms with Crippen LogP contribution < -0.4 is 5.32 Å².